The van der Waals surface area contributed by atoms with Crippen molar-refractivity contribution in [3.63, 3.8) is 0 Å². The van der Waals surface area contributed by atoms with Gasteiger partial charge < -0.3 is 19.2 Å². The van der Waals surface area contributed by atoms with Gasteiger partial charge in [0, 0.05) is 15.5 Å². The molecule has 4 rings (SSSR count). The van der Waals surface area contributed by atoms with Gasteiger partial charge in [0.05, 0.1) is 17.6 Å². The number of halogens is 1. The number of amides is 1. The maximum atomic E-state index is 13.3. The normalized spacial score (nSPS) is 10.9. The number of ether oxygens (including phenoxy) is 2. The van der Waals surface area contributed by atoms with Crippen LogP contribution in [0.3, 0.4) is 0 Å². The van der Waals surface area contributed by atoms with E-state index in [4.69, 9.17) is 25.5 Å². The van der Waals surface area contributed by atoms with Gasteiger partial charge in [-0.3, -0.25) is 9.59 Å². The first-order valence-corrected chi connectivity index (χ1v) is 12.0. The number of hydrogen-bond acceptors (Lipinski definition) is 7. The van der Waals surface area contributed by atoms with Crippen LogP contribution in [0.2, 0.25) is 5.02 Å². The average Bonchev–Trinajstić information content (AvgIpc) is 3.12. The standard InChI is InChI=1S/C26H22ClNO6S/c1-4-32-26(31)21-14(2)15(3)35-25(21)28-20(29)13-33-24-22(30)18-12-17(27)10-11-19(18)34-23(24)16-8-6-5-7-9-16/h5-12H,4,13H2,1-3H3,(H,28,29). The summed E-state index contributed by atoms with van der Waals surface area (Å²) in [7, 11) is 0. The number of thiophene rings is 1. The summed E-state index contributed by atoms with van der Waals surface area (Å²) in [6, 6.07) is 13.7. The Hall–Kier alpha value is -3.62. The lowest BCUT2D eigenvalue weighted by Gasteiger charge is -2.12. The van der Waals surface area contributed by atoms with Crippen molar-refractivity contribution in [3.8, 4) is 17.1 Å². The molecule has 1 amide bonds. The molecule has 0 aliphatic rings. The summed E-state index contributed by atoms with van der Waals surface area (Å²) >= 11 is 7.34. The fraction of sp³-hybridized carbons (Fsp3) is 0.192. The molecule has 0 unspecified atom stereocenters. The van der Waals surface area contributed by atoms with Crippen LogP contribution in [0.1, 0.15) is 27.7 Å². The van der Waals surface area contributed by atoms with Crippen LogP contribution in [0.15, 0.2) is 57.7 Å². The number of carbonyl (C=O) groups is 2. The zero-order valence-electron chi connectivity index (χ0n) is 19.3. The van der Waals surface area contributed by atoms with E-state index in [0.717, 1.165) is 10.4 Å². The second-order valence-corrected chi connectivity index (χ2v) is 9.30. The number of hydrogen-bond donors (Lipinski definition) is 1. The van der Waals surface area contributed by atoms with Gasteiger partial charge in [-0.15, -0.1) is 11.3 Å². The lowest BCUT2D eigenvalue weighted by atomic mass is 10.1. The van der Waals surface area contributed by atoms with Gasteiger partial charge in [0.15, 0.2) is 12.4 Å². The molecule has 180 valence electrons. The number of aryl methyl sites for hydroxylation is 1. The molecule has 0 bridgehead atoms. The third kappa shape index (κ3) is 5.08. The van der Waals surface area contributed by atoms with Crippen molar-refractivity contribution in [1.29, 1.82) is 0 Å². The minimum absolute atomic E-state index is 0.106. The largest absolute Gasteiger partial charge is 0.476 e. The third-order valence-electron chi connectivity index (χ3n) is 5.31. The van der Waals surface area contributed by atoms with Crippen LogP contribution in [0, 0.1) is 13.8 Å². The van der Waals surface area contributed by atoms with E-state index in [1.165, 1.54) is 17.4 Å². The van der Waals surface area contributed by atoms with Gasteiger partial charge in [0.1, 0.15) is 10.6 Å². The predicted molar refractivity (Wildman–Crippen MR) is 137 cm³/mol. The van der Waals surface area contributed by atoms with E-state index in [1.54, 1.807) is 50.2 Å². The van der Waals surface area contributed by atoms with Gasteiger partial charge in [0.25, 0.3) is 5.91 Å². The van der Waals surface area contributed by atoms with Crippen molar-refractivity contribution in [2.75, 3.05) is 18.5 Å². The molecule has 4 aromatic rings. The van der Waals surface area contributed by atoms with E-state index in [-0.39, 0.29) is 23.5 Å². The summed E-state index contributed by atoms with van der Waals surface area (Å²) in [5.41, 5.74) is 1.57. The van der Waals surface area contributed by atoms with E-state index in [9.17, 15) is 14.4 Å². The van der Waals surface area contributed by atoms with Crippen LogP contribution in [-0.4, -0.2) is 25.1 Å². The van der Waals surface area contributed by atoms with E-state index in [1.807, 2.05) is 13.0 Å². The molecule has 0 radical (unpaired) electrons. The van der Waals surface area contributed by atoms with Gasteiger partial charge in [-0.05, 0) is 44.5 Å². The zero-order chi connectivity index (χ0) is 25.1. The number of benzene rings is 2. The molecule has 0 fully saturated rings. The lowest BCUT2D eigenvalue weighted by Crippen LogP contribution is -2.23. The highest BCUT2D eigenvalue weighted by Gasteiger charge is 2.23. The first kappa shape index (κ1) is 24.5. The third-order valence-corrected chi connectivity index (χ3v) is 6.67. The Labute approximate surface area is 210 Å². The molecule has 0 saturated carbocycles. The number of carbonyl (C=O) groups excluding carboxylic acids is 2. The maximum Gasteiger partial charge on any atom is 0.341 e. The maximum absolute atomic E-state index is 13.3. The van der Waals surface area contributed by atoms with Crippen LogP contribution in [-0.2, 0) is 9.53 Å². The Kier molecular flexibility index (Phi) is 7.23. The average molecular weight is 512 g/mol. The van der Waals surface area contributed by atoms with Gasteiger partial charge in [-0.25, -0.2) is 4.79 Å². The Morgan fingerprint density at radius 2 is 1.86 bits per heavy atom. The summed E-state index contributed by atoms with van der Waals surface area (Å²) in [5.74, 6) is -0.955. The number of fused-ring (bicyclic) bond motifs is 1. The predicted octanol–water partition coefficient (Wildman–Crippen LogP) is 5.99. The fourth-order valence-corrected chi connectivity index (χ4v) is 4.76. The molecule has 9 heteroatoms. The molecule has 0 aliphatic heterocycles. The van der Waals surface area contributed by atoms with Crippen molar-refractivity contribution < 1.29 is 23.5 Å². The second-order valence-electron chi connectivity index (χ2n) is 7.64. The van der Waals surface area contributed by atoms with Gasteiger partial charge >= 0.3 is 5.97 Å². The quantitative estimate of drug-likeness (QED) is 0.306. The topological polar surface area (TPSA) is 94.8 Å². The number of nitrogens with one attached hydrogen (secondary N) is 1. The summed E-state index contributed by atoms with van der Waals surface area (Å²) in [6.07, 6.45) is 0. The molecule has 2 aromatic carbocycles. The molecular weight excluding hydrogens is 490 g/mol. The minimum Gasteiger partial charge on any atom is -0.476 e. The van der Waals surface area contributed by atoms with Crippen molar-refractivity contribution >= 4 is 50.8 Å². The summed E-state index contributed by atoms with van der Waals surface area (Å²) in [5, 5.41) is 3.68. The fourth-order valence-electron chi connectivity index (χ4n) is 3.53. The summed E-state index contributed by atoms with van der Waals surface area (Å²) in [4.78, 5) is 39.3. The molecular formula is C26H22ClNO6S. The van der Waals surface area contributed by atoms with Crippen molar-refractivity contribution in [2.24, 2.45) is 0 Å². The van der Waals surface area contributed by atoms with Crippen LogP contribution in [0.25, 0.3) is 22.3 Å². The van der Waals surface area contributed by atoms with Crippen molar-refractivity contribution in [1.82, 2.24) is 0 Å². The van der Waals surface area contributed by atoms with Crippen molar-refractivity contribution in [3.05, 3.63) is 79.8 Å². The van der Waals surface area contributed by atoms with Crippen LogP contribution < -0.4 is 15.5 Å². The monoisotopic (exact) mass is 511 g/mol. The highest BCUT2D eigenvalue weighted by Crippen LogP contribution is 2.34. The SMILES string of the molecule is CCOC(=O)c1c(NC(=O)COc2c(-c3ccccc3)oc3ccc(Cl)cc3c2=O)sc(C)c1C. The molecule has 0 spiro atoms. The van der Waals surface area contributed by atoms with Gasteiger partial charge in [0.2, 0.25) is 11.2 Å². The molecule has 0 aliphatic carbocycles. The molecule has 1 N–H and O–H groups in total. The second kappa shape index (κ2) is 10.3. The number of anilines is 1. The molecule has 0 saturated heterocycles. The Morgan fingerprint density at radius 1 is 1.11 bits per heavy atom. The molecule has 35 heavy (non-hydrogen) atoms. The Balaban J connectivity index is 1.65. The van der Waals surface area contributed by atoms with Gasteiger partial charge in [-0.2, -0.15) is 0 Å². The van der Waals surface area contributed by atoms with Crippen LogP contribution >= 0.6 is 22.9 Å². The molecule has 7 nitrogen and oxygen atoms in total. The number of esters is 1. The smallest absolute Gasteiger partial charge is 0.341 e. The Bertz CT molecular complexity index is 1470. The summed E-state index contributed by atoms with van der Waals surface area (Å²) in [6.45, 7) is 5.10. The highest BCUT2D eigenvalue weighted by atomic mass is 35.5. The Morgan fingerprint density at radius 3 is 2.57 bits per heavy atom. The van der Waals surface area contributed by atoms with E-state index < -0.39 is 23.9 Å². The molecule has 0 atom stereocenters. The zero-order valence-corrected chi connectivity index (χ0v) is 20.8. The van der Waals surface area contributed by atoms with E-state index in [0.29, 0.717) is 26.7 Å². The number of rotatable bonds is 7. The highest BCUT2D eigenvalue weighted by molar-refractivity contribution is 7.16. The van der Waals surface area contributed by atoms with E-state index in [2.05, 4.69) is 5.32 Å². The first-order chi connectivity index (χ1) is 16.8. The van der Waals surface area contributed by atoms with E-state index >= 15 is 0 Å². The van der Waals surface area contributed by atoms with Crippen molar-refractivity contribution in [2.45, 2.75) is 20.8 Å². The van der Waals surface area contributed by atoms with Crippen LogP contribution in [0.4, 0.5) is 5.00 Å². The first-order valence-electron chi connectivity index (χ1n) is 10.8. The molecule has 2 aromatic heterocycles. The minimum atomic E-state index is -0.540. The summed E-state index contributed by atoms with van der Waals surface area (Å²) < 4.78 is 16.8. The lowest BCUT2D eigenvalue weighted by molar-refractivity contribution is -0.118. The van der Waals surface area contributed by atoms with Gasteiger partial charge in [-0.1, -0.05) is 41.9 Å². The van der Waals surface area contributed by atoms with Crippen LogP contribution in [0.5, 0.6) is 5.75 Å². The molecule has 2 heterocycles.